The summed E-state index contributed by atoms with van der Waals surface area (Å²) in [5.41, 5.74) is 6.49. The van der Waals surface area contributed by atoms with Gasteiger partial charge in [0, 0.05) is 16.5 Å². The molecule has 8 heteroatoms. The van der Waals surface area contributed by atoms with Gasteiger partial charge < -0.3 is 4.98 Å². The van der Waals surface area contributed by atoms with Crippen molar-refractivity contribution < 1.29 is 9.59 Å². The van der Waals surface area contributed by atoms with Crippen molar-refractivity contribution in [2.75, 3.05) is 0 Å². The number of nitrogens with one attached hydrogen (secondary N) is 3. The summed E-state index contributed by atoms with van der Waals surface area (Å²) in [5, 5.41) is 0. The van der Waals surface area contributed by atoms with Crippen molar-refractivity contribution in [2.45, 2.75) is 38.6 Å². The largest absolute Gasteiger partial charge is 0.326 e. The molecule has 0 spiro atoms. The Morgan fingerprint density at radius 3 is 2.56 bits per heavy atom. The van der Waals surface area contributed by atoms with Crippen LogP contribution in [-0.4, -0.2) is 21.4 Å². The van der Waals surface area contributed by atoms with Crippen molar-refractivity contribution in [1.82, 2.24) is 20.4 Å². The van der Waals surface area contributed by atoms with Gasteiger partial charge >= 0.3 is 5.69 Å². The van der Waals surface area contributed by atoms with E-state index >= 15 is 0 Å². The molecule has 7 nitrogen and oxygen atoms in total. The zero-order valence-corrected chi connectivity index (χ0v) is 15.7. The predicted molar refractivity (Wildman–Crippen MR) is 104 cm³/mol. The summed E-state index contributed by atoms with van der Waals surface area (Å²) < 4.78 is 1.80. The lowest BCUT2D eigenvalue weighted by Crippen LogP contribution is -2.41. The van der Waals surface area contributed by atoms with E-state index in [1.54, 1.807) is 28.8 Å². The molecule has 0 aliphatic heterocycles. The molecule has 140 valence electrons. The number of hydrazine groups is 1. The molecule has 1 fully saturated rings. The van der Waals surface area contributed by atoms with Gasteiger partial charge in [0.15, 0.2) is 0 Å². The highest BCUT2D eigenvalue weighted by Gasteiger charge is 2.21. The highest BCUT2D eigenvalue weighted by atomic mass is 32.1. The number of rotatable bonds is 3. The minimum absolute atomic E-state index is 0.143. The maximum absolute atomic E-state index is 12.4. The summed E-state index contributed by atoms with van der Waals surface area (Å²) >= 11 is 1.36. The van der Waals surface area contributed by atoms with Crippen LogP contribution in [0.3, 0.4) is 0 Å². The molecule has 1 saturated carbocycles. The van der Waals surface area contributed by atoms with E-state index in [-0.39, 0.29) is 17.6 Å². The number of nitrogens with zero attached hydrogens (tertiary/aromatic N) is 1. The topological polar surface area (TPSA) is 96.0 Å². The first-order valence-electron chi connectivity index (χ1n) is 8.94. The number of carbonyl (C=O) groups is 2. The van der Waals surface area contributed by atoms with Gasteiger partial charge in [-0.2, -0.15) is 0 Å². The summed E-state index contributed by atoms with van der Waals surface area (Å²) in [5.74, 6) is -0.795. The van der Waals surface area contributed by atoms with E-state index in [1.165, 1.54) is 11.3 Å². The van der Waals surface area contributed by atoms with Crippen LogP contribution in [0.25, 0.3) is 11.0 Å². The number of imidazole rings is 1. The molecular weight excluding hydrogens is 364 g/mol. The van der Waals surface area contributed by atoms with Gasteiger partial charge in [-0.3, -0.25) is 25.0 Å². The third-order valence-corrected chi connectivity index (χ3v) is 5.92. The summed E-state index contributed by atoms with van der Waals surface area (Å²) in [6.07, 6.45) is 4.27. The summed E-state index contributed by atoms with van der Waals surface area (Å²) in [7, 11) is 0. The molecule has 27 heavy (non-hydrogen) atoms. The average molecular weight is 384 g/mol. The van der Waals surface area contributed by atoms with Crippen molar-refractivity contribution >= 4 is 34.2 Å². The third kappa shape index (κ3) is 3.40. The zero-order chi connectivity index (χ0) is 19.0. The van der Waals surface area contributed by atoms with E-state index in [1.807, 2.05) is 13.0 Å². The first-order valence-corrected chi connectivity index (χ1v) is 9.76. The van der Waals surface area contributed by atoms with E-state index < -0.39 is 5.91 Å². The third-order valence-electron chi connectivity index (χ3n) is 4.92. The highest BCUT2D eigenvalue weighted by Crippen LogP contribution is 2.30. The number of hydrogen-bond acceptors (Lipinski definition) is 4. The first kappa shape index (κ1) is 17.5. The lowest BCUT2D eigenvalue weighted by Gasteiger charge is -2.11. The molecule has 0 bridgehead atoms. The predicted octanol–water partition coefficient (Wildman–Crippen LogP) is 2.89. The number of fused-ring (bicyclic) bond motifs is 1. The van der Waals surface area contributed by atoms with Gasteiger partial charge in [-0.05, 0) is 50.1 Å². The second-order valence-corrected chi connectivity index (χ2v) is 8.08. The zero-order valence-electron chi connectivity index (χ0n) is 14.9. The van der Waals surface area contributed by atoms with E-state index in [0.29, 0.717) is 16.0 Å². The minimum atomic E-state index is -0.437. The molecule has 2 aromatic heterocycles. The summed E-state index contributed by atoms with van der Waals surface area (Å²) in [6.45, 7) is 1.91. The molecule has 1 aliphatic carbocycles. The SMILES string of the molecule is Cc1ccc(C(=O)NNC(=O)c2ccc3c(c2)[nH]c(=O)n3C2CCCC2)s1. The highest BCUT2D eigenvalue weighted by molar-refractivity contribution is 7.13. The van der Waals surface area contributed by atoms with Crippen LogP contribution in [0.4, 0.5) is 0 Å². The Hall–Kier alpha value is -2.87. The van der Waals surface area contributed by atoms with Gasteiger partial charge in [0.2, 0.25) is 0 Å². The van der Waals surface area contributed by atoms with Crippen LogP contribution in [0.15, 0.2) is 35.1 Å². The lowest BCUT2D eigenvalue weighted by molar-refractivity contribution is 0.0849. The number of aryl methyl sites for hydroxylation is 1. The molecule has 0 saturated heterocycles. The number of thiophene rings is 1. The molecule has 2 heterocycles. The van der Waals surface area contributed by atoms with Crippen molar-refractivity contribution in [3.8, 4) is 0 Å². The van der Waals surface area contributed by atoms with Crippen LogP contribution in [0.1, 0.15) is 56.6 Å². The lowest BCUT2D eigenvalue weighted by atomic mass is 10.1. The Morgan fingerprint density at radius 2 is 1.85 bits per heavy atom. The maximum atomic E-state index is 12.4. The number of H-pyrrole nitrogens is 1. The second kappa shape index (κ2) is 7.03. The van der Waals surface area contributed by atoms with Crippen LogP contribution in [0.5, 0.6) is 0 Å². The number of benzene rings is 1. The standard InChI is InChI=1S/C19H20N4O3S/c1-11-6-9-16(27-11)18(25)22-21-17(24)12-7-8-15-14(10-12)20-19(26)23(15)13-4-2-3-5-13/h6-10,13H,2-5H2,1H3,(H,20,26)(H,21,24)(H,22,25). The van der Waals surface area contributed by atoms with Crippen LogP contribution in [0, 0.1) is 6.92 Å². The molecular formula is C19H20N4O3S. The molecule has 1 aromatic carbocycles. The van der Waals surface area contributed by atoms with Crippen molar-refractivity contribution in [1.29, 1.82) is 0 Å². The van der Waals surface area contributed by atoms with Crippen LogP contribution < -0.4 is 16.5 Å². The minimum Gasteiger partial charge on any atom is -0.306 e. The van der Waals surface area contributed by atoms with Gasteiger partial charge in [-0.15, -0.1) is 11.3 Å². The van der Waals surface area contributed by atoms with Gasteiger partial charge in [0.05, 0.1) is 15.9 Å². The molecule has 0 atom stereocenters. The molecule has 3 N–H and O–H groups in total. The number of carbonyl (C=O) groups excluding carboxylic acids is 2. The molecule has 3 aromatic rings. The van der Waals surface area contributed by atoms with E-state index in [4.69, 9.17) is 0 Å². The fraction of sp³-hybridized carbons (Fsp3) is 0.316. The van der Waals surface area contributed by atoms with E-state index in [9.17, 15) is 14.4 Å². The Balaban J connectivity index is 1.51. The number of aromatic nitrogens is 2. The number of amides is 2. The monoisotopic (exact) mass is 384 g/mol. The molecule has 0 unspecified atom stereocenters. The van der Waals surface area contributed by atoms with E-state index in [2.05, 4.69) is 15.8 Å². The van der Waals surface area contributed by atoms with Gasteiger partial charge in [0.1, 0.15) is 0 Å². The molecule has 4 rings (SSSR count). The van der Waals surface area contributed by atoms with Crippen LogP contribution >= 0.6 is 11.3 Å². The fourth-order valence-corrected chi connectivity index (χ4v) is 4.36. The van der Waals surface area contributed by atoms with Gasteiger partial charge in [0.25, 0.3) is 11.8 Å². The first-order chi connectivity index (χ1) is 13.0. The van der Waals surface area contributed by atoms with Crippen molar-refractivity contribution in [3.63, 3.8) is 0 Å². The maximum Gasteiger partial charge on any atom is 0.326 e. The van der Waals surface area contributed by atoms with Gasteiger partial charge in [-0.25, -0.2) is 4.79 Å². The van der Waals surface area contributed by atoms with Crippen molar-refractivity contribution in [3.05, 3.63) is 56.1 Å². The molecule has 2 amide bonds. The quantitative estimate of drug-likeness (QED) is 0.606. The Morgan fingerprint density at radius 1 is 1.11 bits per heavy atom. The average Bonchev–Trinajstić information content (AvgIpc) is 3.37. The van der Waals surface area contributed by atoms with Gasteiger partial charge in [-0.1, -0.05) is 12.8 Å². The van der Waals surface area contributed by atoms with E-state index in [0.717, 1.165) is 36.1 Å². The van der Waals surface area contributed by atoms with Crippen LogP contribution in [-0.2, 0) is 0 Å². The summed E-state index contributed by atoms with van der Waals surface area (Å²) in [4.78, 5) is 41.1. The number of aromatic amines is 1. The Bertz CT molecular complexity index is 1070. The summed E-state index contributed by atoms with van der Waals surface area (Å²) in [6, 6.07) is 8.87. The second-order valence-electron chi connectivity index (χ2n) is 6.79. The number of hydrogen-bond donors (Lipinski definition) is 3. The van der Waals surface area contributed by atoms with Crippen molar-refractivity contribution in [2.24, 2.45) is 0 Å². The fourth-order valence-electron chi connectivity index (χ4n) is 3.60. The smallest absolute Gasteiger partial charge is 0.306 e. The normalized spacial score (nSPS) is 14.6. The Kier molecular flexibility index (Phi) is 4.57. The molecule has 0 radical (unpaired) electrons. The van der Waals surface area contributed by atoms with Crippen LogP contribution in [0.2, 0.25) is 0 Å². The Labute approximate surface area is 159 Å². The molecule has 1 aliphatic rings.